The summed E-state index contributed by atoms with van der Waals surface area (Å²) in [6.45, 7) is 0. The van der Waals surface area contributed by atoms with E-state index in [9.17, 15) is 18.0 Å². The second-order valence-corrected chi connectivity index (χ2v) is 2.70. The van der Waals surface area contributed by atoms with Crippen molar-refractivity contribution in [2.75, 3.05) is 0 Å². The fraction of sp³-hybridized carbons (Fsp3) is 0.375. The van der Waals surface area contributed by atoms with E-state index in [-0.39, 0.29) is 6.42 Å². The Morgan fingerprint density at radius 2 is 2.15 bits per heavy atom. The molecule has 1 unspecified atom stereocenters. The van der Waals surface area contributed by atoms with Crippen LogP contribution in [0, 0.1) is 5.92 Å². The third-order valence-corrected chi connectivity index (χ3v) is 1.74. The monoisotopic (exact) mass is 192 g/mol. The molecule has 0 saturated carbocycles. The largest absolute Gasteiger partial charge is 0.481 e. The first-order valence-electron chi connectivity index (χ1n) is 3.59. The van der Waals surface area contributed by atoms with Gasteiger partial charge >= 0.3 is 12.1 Å². The van der Waals surface area contributed by atoms with Crippen molar-refractivity contribution in [3.05, 3.63) is 23.8 Å². The minimum atomic E-state index is -4.38. The SMILES string of the molecule is O=C(O)C1C=CC(C(F)(F)F)=CC1. The van der Waals surface area contributed by atoms with Crippen LogP contribution in [-0.2, 0) is 4.79 Å². The molecule has 0 fully saturated rings. The van der Waals surface area contributed by atoms with Crippen LogP contribution in [0.15, 0.2) is 23.8 Å². The number of aliphatic carboxylic acids is 1. The number of alkyl halides is 3. The Kier molecular flexibility index (Phi) is 2.45. The van der Waals surface area contributed by atoms with Crippen molar-refractivity contribution in [3.8, 4) is 0 Å². The van der Waals surface area contributed by atoms with Crippen molar-refractivity contribution in [2.45, 2.75) is 12.6 Å². The van der Waals surface area contributed by atoms with Crippen LogP contribution >= 0.6 is 0 Å². The number of hydrogen-bond acceptors (Lipinski definition) is 1. The fourth-order valence-corrected chi connectivity index (χ4v) is 1.01. The third-order valence-electron chi connectivity index (χ3n) is 1.74. The van der Waals surface area contributed by atoms with Crippen LogP contribution in [0.25, 0.3) is 0 Å². The molecule has 2 nitrogen and oxygen atoms in total. The number of carboxylic acid groups (broad SMARTS) is 1. The van der Waals surface area contributed by atoms with Crippen LogP contribution in [0.5, 0.6) is 0 Å². The Bertz CT molecular complexity index is 276. The molecule has 0 saturated heterocycles. The maximum atomic E-state index is 12.0. The summed E-state index contributed by atoms with van der Waals surface area (Å²) in [4.78, 5) is 10.3. The van der Waals surface area contributed by atoms with Crippen LogP contribution in [0.1, 0.15) is 6.42 Å². The highest BCUT2D eigenvalue weighted by Gasteiger charge is 2.33. The molecule has 5 heteroatoms. The van der Waals surface area contributed by atoms with Gasteiger partial charge in [-0.1, -0.05) is 18.2 Å². The molecule has 0 spiro atoms. The molecule has 1 N–H and O–H groups in total. The molecular formula is C8H7F3O2. The first-order chi connectivity index (χ1) is 5.91. The van der Waals surface area contributed by atoms with Crippen molar-refractivity contribution in [1.29, 1.82) is 0 Å². The molecule has 1 aliphatic rings. The maximum absolute atomic E-state index is 12.0. The van der Waals surface area contributed by atoms with Crippen LogP contribution in [0.3, 0.4) is 0 Å². The van der Waals surface area contributed by atoms with E-state index in [0.717, 1.165) is 18.2 Å². The number of rotatable bonds is 1. The Morgan fingerprint density at radius 3 is 2.46 bits per heavy atom. The van der Waals surface area contributed by atoms with E-state index in [1.807, 2.05) is 0 Å². The van der Waals surface area contributed by atoms with Gasteiger partial charge in [-0.2, -0.15) is 13.2 Å². The van der Waals surface area contributed by atoms with E-state index >= 15 is 0 Å². The molecule has 1 atom stereocenters. The molecule has 1 rings (SSSR count). The molecule has 0 aromatic carbocycles. The topological polar surface area (TPSA) is 37.3 Å². The summed E-state index contributed by atoms with van der Waals surface area (Å²) in [5.74, 6) is -1.93. The molecular weight excluding hydrogens is 185 g/mol. The summed E-state index contributed by atoms with van der Waals surface area (Å²) in [6.07, 6.45) is -1.70. The Balaban J connectivity index is 2.71. The summed E-state index contributed by atoms with van der Waals surface area (Å²) < 4.78 is 36.0. The van der Waals surface area contributed by atoms with Crippen LogP contribution in [0.2, 0.25) is 0 Å². The summed E-state index contributed by atoms with van der Waals surface area (Å²) in [5, 5.41) is 8.47. The first kappa shape index (κ1) is 9.83. The van der Waals surface area contributed by atoms with Gasteiger partial charge < -0.3 is 5.11 Å². The molecule has 0 aliphatic heterocycles. The smallest absolute Gasteiger partial charge is 0.416 e. The van der Waals surface area contributed by atoms with Gasteiger partial charge in [0, 0.05) is 0 Å². The summed E-state index contributed by atoms with van der Waals surface area (Å²) in [7, 11) is 0. The lowest BCUT2D eigenvalue weighted by molar-refractivity contribution is -0.140. The predicted molar refractivity (Wildman–Crippen MR) is 39.0 cm³/mol. The van der Waals surface area contributed by atoms with Crippen LogP contribution < -0.4 is 0 Å². The Labute approximate surface area is 72.4 Å². The second kappa shape index (κ2) is 3.24. The highest BCUT2D eigenvalue weighted by molar-refractivity contribution is 5.73. The molecule has 13 heavy (non-hydrogen) atoms. The quantitative estimate of drug-likeness (QED) is 0.691. The lowest BCUT2D eigenvalue weighted by Crippen LogP contribution is -2.17. The van der Waals surface area contributed by atoms with E-state index in [2.05, 4.69) is 0 Å². The molecule has 0 amide bonds. The van der Waals surface area contributed by atoms with Gasteiger partial charge in [-0.05, 0) is 6.42 Å². The zero-order valence-electron chi connectivity index (χ0n) is 6.51. The average Bonchev–Trinajstić information content (AvgIpc) is 2.03. The number of carbonyl (C=O) groups is 1. The van der Waals surface area contributed by atoms with E-state index in [1.165, 1.54) is 0 Å². The zero-order chi connectivity index (χ0) is 10.1. The summed E-state index contributed by atoms with van der Waals surface area (Å²) in [6, 6.07) is 0. The third kappa shape index (κ3) is 2.34. The standard InChI is InChI=1S/C8H7F3O2/c9-8(10,11)6-3-1-5(2-4-6)7(12)13/h1,3-5H,2H2,(H,12,13). The fourth-order valence-electron chi connectivity index (χ4n) is 1.01. The number of hydrogen-bond donors (Lipinski definition) is 1. The molecule has 0 radical (unpaired) electrons. The lowest BCUT2D eigenvalue weighted by Gasteiger charge is -2.14. The average molecular weight is 192 g/mol. The van der Waals surface area contributed by atoms with Gasteiger partial charge in [0.15, 0.2) is 0 Å². The van der Waals surface area contributed by atoms with Crippen molar-refractivity contribution in [1.82, 2.24) is 0 Å². The van der Waals surface area contributed by atoms with E-state index in [0.29, 0.717) is 0 Å². The molecule has 72 valence electrons. The maximum Gasteiger partial charge on any atom is 0.416 e. The molecule has 0 heterocycles. The van der Waals surface area contributed by atoms with Crippen molar-refractivity contribution < 1.29 is 23.1 Å². The number of allylic oxidation sites excluding steroid dienone is 3. The van der Waals surface area contributed by atoms with E-state index in [4.69, 9.17) is 5.11 Å². The van der Waals surface area contributed by atoms with Crippen molar-refractivity contribution >= 4 is 5.97 Å². The van der Waals surface area contributed by atoms with E-state index < -0.39 is 23.6 Å². The van der Waals surface area contributed by atoms with Gasteiger partial charge in [-0.3, -0.25) is 4.79 Å². The first-order valence-corrected chi connectivity index (χ1v) is 3.59. The highest BCUT2D eigenvalue weighted by Crippen LogP contribution is 2.30. The van der Waals surface area contributed by atoms with E-state index in [1.54, 1.807) is 0 Å². The van der Waals surface area contributed by atoms with Gasteiger partial charge in [-0.15, -0.1) is 0 Å². The van der Waals surface area contributed by atoms with Crippen LogP contribution in [0.4, 0.5) is 13.2 Å². The lowest BCUT2D eigenvalue weighted by atomic mass is 9.97. The second-order valence-electron chi connectivity index (χ2n) is 2.70. The van der Waals surface area contributed by atoms with Crippen molar-refractivity contribution in [3.63, 3.8) is 0 Å². The van der Waals surface area contributed by atoms with Gasteiger partial charge in [0.25, 0.3) is 0 Å². The normalized spacial score (nSPS) is 22.7. The molecule has 1 aliphatic carbocycles. The van der Waals surface area contributed by atoms with Crippen molar-refractivity contribution in [2.24, 2.45) is 5.92 Å². The predicted octanol–water partition coefficient (Wildman–Crippen LogP) is 2.14. The van der Waals surface area contributed by atoms with Gasteiger partial charge in [0.2, 0.25) is 0 Å². The van der Waals surface area contributed by atoms with Gasteiger partial charge in [-0.25, -0.2) is 0 Å². The Hall–Kier alpha value is -1.26. The van der Waals surface area contributed by atoms with Gasteiger partial charge in [0.1, 0.15) is 0 Å². The molecule has 0 bridgehead atoms. The van der Waals surface area contributed by atoms with Gasteiger partial charge in [0.05, 0.1) is 11.5 Å². The minimum Gasteiger partial charge on any atom is -0.481 e. The summed E-state index contributed by atoms with van der Waals surface area (Å²) in [5.41, 5.74) is -0.773. The number of carboxylic acids is 1. The highest BCUT2D eigenvalue weighted by atomic mass is 19.4. The minimum absolute atomic E-state index is 0.0966. The summed E-state index contributed by atoms with van der Waals surface area (Å²) >= 11 is 0. The number of halogens is 3. The molecule has 0 aromatic heterocycles. The zero-order valence-corrected chi connectivity index (χ0v) is 6.51. The Morgan fingerprint density at radius 1 is 1.54 bits per heavy atom. The van der Waals surface area contributed by atoms with Crippen LogP contribution in [-0.4, -0.2) is 17.3 Å². The molecule has 0 aromatic rings.